The molecule has 0 aliphatic carbocycles. The molecule has 1 aliphatic rings. The van der Waals surface area contributed by atoms with E-state index in [1.165, 1.54) is 12.2 Å². The highest BCUT2D eigenvalue weighted by atomic mass is 16.5. The number of methoxy groups -OCH3 is 1. The summed E-state index contributed by atoms with van der Waals surface area (Å²) in [5.74, 6) is 1.64. The fourth-order valence-electron chi connectivity index (χ4n) is 2.84. The maximum atomic E-state index is 5.21. The average molecular weight is 277 g/mol. The van der Waals surface area contributed by atoms with Gasteiger partial charge in [0, 0.05) is 38.4 Å². The predicted molar refractivity (Wildman–Crippen MR) is 84.7 cm³/mol. The molecular formula is C16H27N3O. The molecule has 0 amide bonds. The van der Waals surface area contributed by atoms with Crippen molar-refractivity contribution in [3.05, 3.63) is 24.3 Å². The summed E-state index contributed by atoms with van der Waals surface area (Å²) in [5, 5.41) is 3.25. The second-order valence-corrected chi connectivity index (χ2v) is 5.65. The van der Waals surface area contributed by atoms with Crippen molar-refractivity contribution in [1.29, 1.82) is 0 Å². The Kier molecular flexibility index (Phi) is 5.68. The molecule has 0 saturated carbocycles. The Labute approximate surface area is 122 Å². The minimum absolute atomic E-state index is 0.715. The number of anilines is 1. The fourth-order valence-corrected chi connectivity index (χ4v) is 2.84. The van der Waals surface area contributed by atoms with Crippen LogP contribution in [0.2, 0.25) is 0 Å². The molecule has 1 N–H and O–H groups in total. The van der Waals surface area contributed by atoms with Gasteiger partial charge in [-0.1, -0.05) is 6.92 Å². The minimum atomic E-state index is 0.715. The quantitative estimate of drug-likeness (QED) is 0.856. The SMILES string of the molecule is CNCC(C)CN1CCN(c2ccc(OC)cc2)CC1. The first-order chi connectivity index (χ1) is 9.72. The van der Waals surface area contributed by atoms with Crippen molar-refractivity contribution in [2.45, 2.75) is 6.92 Å². The van der Waals surface area contributed by atoms with Gasteiger partial charge in [-0.05, 0) is 43.8 Å². The lowest BCUT2D eigenvalue weighted by Crippen LogP contribution is -2.48. The third-order valence-corrected chi connectivity index (χ3v) is 3.93. The van der Waals surface area contributed by atoms with E-state index >= 15 is 0 Å². The van der Waals surface area contributed by atoms with Crippen molar-refractivity contribution in [3.63, 3.8) is 0 Å². The lowest BCUT2D eigenvalue weighted by atomic mass is 10.1. The first-order valence-electron chi connectivity index (χ1n) is 7.49. The molecule has 0 spiro atoms. The van der Waals surface area contributed by atoms with Gasteiger partial charge in [0.1, 0.15) is 5.75 Å². The first kappa shape index (κ1) is 15.1. The van der Waals surface area contributed by atoms with Crippen LogP contribution in [-0.4, -0.2) is 58.3 Å². The zero-order valence-corrected chi connectivity index (χ0v) is 12.9. The van der Waals surface area contributed by atoms with Gasteiger partial charge in [0.2, 0.25) is 0 Å². The van der Waals surface area contributed by atoms with Crippen molar-refractivity contribution in [3.8, 4) is 5.75 Å². The van der Waals surface area contributed by atoms with Crippen LogP contribution in [0.3, 0.4) is 0 Å². The highest BCUT2D eigenvalue weighted by molar-refractivity contribution is 5.49. The molecule has 0 radical (unpaired) electrons. The number of piperazine rings is 1. The standard InChI is InChI=1S/C16H27N3O/c1-14(12-17-2)13-18-8-10-19(11-9-18)15-4-6-16(20-3)7-5-15/h4-7,14,17H,8-13H2,1-3H3. The van der Waals surface area contributed by atoms with E-state index < -0.39 is 0 Å². The highest BCUT2D eigenvalue weighted by Gasteiger charge is 2.18. The Bertz CT molecular complexity index is 385. The number of nitrogens with zero attached hydrogens (tertiary/aromatic N) is 2. The summed E-state index contributed by atoms with van der Waals surface area (Å²) in [4.78, 5) is 5.03. The van der Waals surface area contributed by atoms with Crippen LogP contribution in [0.4, 0.5) is 5.69 Å². The van der Waals surface area contributed by atoms with Gasteiger partial charge in [0.15, 0.2) is 0 Å². The molecule has 0 aromatic heterocycles. The molecule has 1 fully saturated rings. The van der Waals surface area contributed by atoms with Gasteiger partial charge in [-0.25, -0.2) is 0 Å². The summed E-state index contributed by atoms with van der Waals surface area (Å²) < 4.78 is 5.21. The van der Waals surface area contributed by atoms with Gasteiger partial charge >= 0.3 is 0 Å². The molecule has 1 saturated heterocycles. The molecule has 1 aromatic carbocycles. The smallest absolute Gasteiger partial charge is 0.119 e. The van der Waals surface area contributed by atoms with Crippen molar-refractivity contribution in [2.75, 3.05) is 58.3 Å². The zero-order chi connectivity index (χ0) is 14.4. The monoisotopic (exact) mass is 277 g/mol. The van der Waals surface area contributed by atoms with Gasteiger partial charge in [-0.3, -0.25) is 4.90 Å². The normalized spacial score (nSPS) is 18.1. The summed E-state index contributed by atoms with van der Waals surface area (Å²) in [6.07, 6.45) is 0. The molecule has 1 heterocycles. The van der Waals surface area contributed by atoms with Gasteiger partial charge in [-0.15, -0.1) is 0 Å². The summed E-state index contributed by atoms with van der Waals surface area (Å²) >= 11 is 0. The molecule has 2 rings (SSSR count). The second kappa shape index (κ2) is 7.50. The molecule has 20 heavy (non-hydrogen) atoms. The molecule has 4 nitrogen and oxygen atoms in total. The van der Waals surface area contributed by atoms with Crippen LogP contribution in [0.5, 0.6) is 5.75 Å². The Morgan fingerprint density at radius 2 is 1.80 bits per heavy atom. The van der Waals surface area contributed by atoms with Crippen LogP contribution in [0.1, 0.15) is 6.92 Å². The predicted octanol–water partition coefficient (Wildman–Crippen LogP) is 1.67. The van der Waals surface area contributed by atoms with E-state index in [4.69, 9.17) is 4.74 Å². The van der Waals surface area contributed by atoms with E-state index in [9.17, 15) is 0 Å². The molecule has 1 unspecified atom stereocenters. The molecule has 4 heteroatoms. The van der Waals surface area contributed by atoms with Gasteiger partial charge in [-0.2, -0.15) is 0 Å². The number of hydrogen-bond donors (Lipinski definition) is 1. The Balaban J connectivity index is 1.81. The molecule has 1 aromatic rings. The van der Waals surface area contributed by atoms with E-state index in [1.54, 1.807) is 7.11 Å². The van der Waals surface area contributed by atoms with Gasteiger partial charge in [0.05, 0.1) is 7.11 Å². The van der Waals surface area contributed by atoms with Crippen LogP contribution in [0.25, 0.3) is 0 Å². The molecule has 1 aliphatic heterocycles. The third-order valence-electron chi connectivity index (χ3n) is 3.93. The highest BCUT2D eigenvalue weighted by Crippen LogP contribution is 2.20. The summed E-state index contributed by atoms with van der Waals surface area (Å²) in [5.41, 5.74) is 1.30. The summed E-state index contributed by atoms with van der Waals surface area (Å²) in [7, 11) is 3.73. The van der Waals surface area contributed by atoms with Crippen LogP contribution in [-0.2, 0) is 0 Å². The average Bonchev–Trinajstić information content (AvgIpc) is 2.48. The minimum Gasteiger partial charge on any atom is -0.497 e. The summed E-state index contributed by atoms with van der Waals surface area (Å²) in [6.45, 7) is 9.12. The van der Waals surface area contributed by atoms with Gasteiger partial charge in [0.25, 0.3) is 0 Å². The van der Waals surface area contributed by atoms with E-state index in [0.717, 1.165) is 38.5 Å². The van der Waals surface area contributed by atoms with E-state index in [2.05, 4.69) is 34.2 Å². The maximum absolute atomic E-state index is 5.21. The van der Waals surface area contributed by atoms with Crippen molar-refractivity contribution in [1.82, 2.24) is 10.2 Å². The van der Waals surface area contributed by atoms with Crippen LogP contribution >= 0.6 is 0 Å². The van der Waals surface area contributed by atoms with Crippen LogP contribution in [0.15, 0.2) is 24.3 Å². The number of benzene rings is 1. The zero-order valence-electron chi connectivity index (χ0n) is 12.9. The molecule has 112 valence electrons. The largest absolute Gasteiger partial charge is 0.497 e. The Morgan fingerprint density at radius 1 is 1.15 bits per heavy atom. The van der Waals surface area contributed by atoms with E-state index in [0.29, 0.717) is 5.92 Å². The summed E-state index contributed by atoms with van der Waals surface area (Å²) in [6, 6.07) is 8.38. The number of rotatable bonds is 6. The number of hydrogen-bond acceptors (Lipinski definition) is 4. The lowest BCUT2D eigenvalue weighted by Gasteiger charge is -2.37. The fraction of sp³-hybridized carbons (Fsp3) is 0.625. The second-order valence-electron chi connectivity index (χ2n) is 5.65. The van der Waals surface area contributed by atoms with Crippen LogP contribution in [0, 0.1) is 5.92 Å². The molecule has 1 atom stereocenters. The third kappa shape index (κ3) is 4.12. The molecular weight excluding hydrogens is 250 g/mol. The molecule has 0 bridgehead atoms. The number of nitrogens with one attached hydrogen (secondary N) is 1. The van der Waals surface area contributed by atoms with E-state index in [-0.39, 0.29) is 0 Å². The lowest BCUT2D eigenvalue weighted by molar-refractivity contribution is 0.224. The number of ether oxygens (including phenoxy) is 1. The topological polar surface area (TPSA) is 27.7 Å². The van der Waals surface area contributed by atoms with Crippen molar-refractivity contribution in [2.24, 2.45) is 5.92 Å². The van der Waals surface area contributed by atoms with Crippen molar-refractivity contribution < 1.29 is 4.74 Å². The van der Waals surface area contributed by atoms with E-state index in [1.807, 2.05) is 19.2 Å². The Morgan fingerprint density at radius 3 is 2.35 bits per heavy atom. The van der Waals surface area contributed by atoms with Crippen LogP contribution < -0.4 is 15.0 Å². The Hall–Kier alpha value is -1.26. The van der Waals surface area contributed by atoms with Crippen molar-refractivity contribution >= 4 is 5.69 Å². The maximum Gasteiger partial charge on any atom is 0.119 e. The van der Waals surface area contributed by atoms with Gasteiger partial charge < -0.3 is 15.0 Å². The first-order valence-corrected chi connectivity index (χ1v) is 7.49.